The number of nitrogens with zero attached hydrogens (tertiary/aromatic N) is 5. The summed E-state index contributed by atoms with van der Waals surface area (Å²) < 4.78 is 4.26. The van der Waals surface area contributed by atoms with Crippen LogP contribution in [0.2, 0.25) is 10.0 Å². The first-order chi connectivity index (χ1) is 16.6. The SMILES string of the molecule is C[C@@H](O)CCCCn1c(=O)c2c(ncn2C)n(C)c1=O.Nc1cc(Cl)c(N=C2NCCN2)c(Cl)c1. The van der Waals surface area contributed by atoms with E-state index in [0.29, 0.717) is 57.9 Å². The van der Waals surface area contributed by atoms with E-state index >= 15 is 0 Å². The number of hydrogen-bond acceptors (Lipinski definition) is 6. The van der Waals surface area contributed by atoms with Gasteiger partial charge in [-0.15, -0.1) is 0 Å². The molecule has 13 heteroatoms. The number of hydrogen-bond donors (Lipinski definition) is 4. The van der Waals surface area contributed by atoms with Gasteiger partial charge in [0.1, 0.15) is 5.69 Å². The van der Waals surface area contributed by atoms with Gasteiger partial charge in [0, 0.05) is 39.4 Å². The van der Waals surface area contributed by atoms with Crippen LogP contribution in [0.1, 0.15) is 26.2 Å². The standard InChI is InChI=1S/C13H20N4O3.C9H10Cl2N4/c1-9(18)6-4-5-7-17-12(19)10-11(14-8-15(10)2)16(3)13(17)20;10-6-3-5(12)4-7(11)8(6)15-9-13-1-2-14-9/h8-9,18H,4-7H2,1-3H3;3-4H,1-2,12H2,(H2,13,14,15)/t9-;/m1./s1. The molecule has 0 radical (unpaired) electrons. The molecule has 1 fully saturated rings. The van der Waals surface area contributed by atoms with Crippen molar-refractivity contribution in [1.29, 1.82) is 0 Å². The molecule has 4 rings (SSSR count). The number of nitrogens with two attached hydrogens (primary N) is 1. The van der Waals surface area contributed by atoms with Crippen molar-refractivity contribution >= 4 is 51.7 Å². The summed E-state index contributed by atoms with van der Waals surface area (Å²) in [6.07, 6.45) is 3.31. The molecule has 35 heavy (non-hydrogen) atoms. The highest BCUT2D eigenvalue weighted by molar-refractivity contribution is 6.39. The third-order valence-corrected chi connectivity index (χ3v) is 6.00. The summed E-state index contributed by atoms with van der Waals surface area (Å²) in [6.45, 7) is 3.79. The maximum Gasteiger partial charge on any atom is 0.332 e. The zero-order valence-corrected chi connectivity index (χ0v) is 21.4. The number of halogens is 2. The lowest BCUT2D eigenvalue weighted by molar-refractivity contribution is 0.180. The number of imidazole rings is 1. The highest BCUT2D eigenvalue weighted by atomic mass is 35.5. The van der Waals surface area contributed by atoms with Crippen LogP contribution in [0.5, 0.6) is 0 Å². The second-order valence-corrected chi connectivity index (χ2v) is 9.13. The number of nitrogens with one attached hydrogen (secondary N) is 2. The Morgan fingerprint density at radius 2 is 1.80 bits per heavy atom. The van der Waals surface area contributed by atoms with E-state index in [1.54, 1.807) is 37.7 Å². The van der Waals surface area contributed by atoms with Crippen LogP contribution in [0, 0.1) is 0 Å². The van der Waals surface area contributed by atoms with Crippen molar-refractivity contribution in [1.82, 2.24) is 29.3 Å². The Kier molecular flexibility index (Phi) is 8.82. The molecule has 1 aromatic carbocycles. The molecule has 1 atom stereocenters. The van der Waals surface area contributed by atoms with Crippen LogP contribution in [-0.4, -0.2) is 48.9 Å². The second kappa shape index (κ2) is 11.6. The van der Waals surface area contributed by atoms with Gasteiger partial charge in [0.2, 0.25) is 0 Å². The summed E-state index contributed by atoms with van der Waals surface area (Å²) >= 11 is 12.0. The van der Waals surface area contributed by atoms with Crippen molar-refractivity contribution in [3.8, 4) is 0 Å². The van der Waals surface area contributed by atoms with E-state index in [1.165, 1.54) is 15.5 Å². The van der Waals surface area contributed by atoms with Gasteiger partial charge in [-0.3, -0.25) is 13.9 Å². The first-order valence-corrected chi connectivity index (χ1v) is 12.0. The number of anilines is 1. The summed E-state index contributed by atoms with van der Waals surface area (Å²) in [5.74, 6) is 0.684. The summed E-state index contributed by atoms with van der Waals surface area (Å²) in [5.41, 5.74) is 6.83. The number of aliphatic hydroxyl groups excluding tert-OH is 1. The highest BCUT2D eigenvalue weighted by Gasteiger charge is 2.14. The first-order valence-electron chi connectivity index (χ1n) is 11.2. The molecule has 1 aliphatic heterocycles. The van der Waals surface area contributed by atoms with Crippen LogP contribution in [0.25, 0.3) is 11.2 Å². The van der Waals surface area contributed by atoms with Crippen LogP contribution in [0.15, 0.2) is 33.0 Å². The lowest BCUT2D eigenvalue weighted by Crippen LogP contribution is -2.39. The number of aliphatic imine (C=N–C) groups is 1. The predicted octanol–water partition coefficient (Wildman–Crippen LogP) is 1.74. The van der Waals surface area contributed by atoms with Crippen molar-refractivity contribution in [3.63, 3.8) is 0 Å². The molecule has 0 aliphatic carbocycles. The predicted molar refractivity (Wildman–Crippen MR) is 140 cm³/mol. The molecule has 0 bridgehead atoms. The van der Waals surface area contributed by atoms with Crippen LogP contribution >= 0.6 is 23.2 Å². The summed E-state index contributed by atoms with van der Waals surface area (Å²) in [5, 5.41) is 16.2. The van der Waals surface area contributed by atoms with Gasteiger partial charge in [-0.1, -0.05) is 23.2 Å². The summed E-state index contributed by atoms with van der Waals surface area (Å²) in [4.78, 5) is 32.9. The van der Waals surface area contributed by atoms with Crippen molar-refractivity contribution in [3.05, 3.63) is 49.3 Å². The highest BCUT2D eigenvalue weighted by Crippen LogP contribution is 2.35. The Morgan fingerprint density at radius 1 is 1.17 bits per heavy atom. The largest absolute Gasteiger partial charge is 0.399 e. The number of rotatable bonds is 6. The molecule has 2 aromatic heterocycles. The number of nitrogen functional groups attached to an aromatic ring is 1. The average Bonchev–Trinajstić information content (AvgIpc) is 3.44. The lowest BCUT2D eigenvalue weighted by Gasteiger charge is -2.09. The Balaban J connectivity index is 0.000000203. The Bertz CT molecular complexity index is 1310. The molecule has 1 saturated heterocycles. The fourth-order valence-corrected chi connectivity index (χ4v) is 4.20. The number of aryl methyl sites for hydroxylation is 2. The van der Waals surface area contributed by atoms with E-state index in [2.05, 4.69) is 20.6 Å². The Hall–Kier alpha value is -3.02. The minimum absolute atomic E-state index is 0.305. The molecule has 0 amide bonds. The third kappa shape index (κ3) is 6.36. The normalized spacial score (nSPS) is 13.7. The molecule has 0 spiro atoms. The molecule has 1 aliphatic rings. The topological polar surface area (TPSA) is 144 Å². The van der Waals surface area contributed by atoms with Gasteiger partial charge in [-0.05, 0) is 38.3 Å². The molecule has 5 N–H and O–H groups in total. The zero-order valence-electron chi connectivity index (χ0n) is 19.9. The van der Waals surface area contributed by atoms with Crippen LogP contribution in [-0.2, 0) is 20.6 Å². The number of unbranched alkanes of at least 4 members (excludes halogenated alkanes) is 1. The second-order valence-electron chi connectivity index (χ2n) is 8.32. The monoisotopic (exact) mass is 524 g/mol. The molecule has 3 heterocycles. The molecule has 3 aromatic rings. The fraction of sp³-hybridized carbons (Fsp3) is 0.455. The molecule has 11 nitrogen and oxygen atoms in total. The van der Waals surface area contributed by atoms with Gasteiger partial charge < -0.3 is 26.0 Å². The Morgan fingerprint density at radius 3 is 2.40 bits per heavy atom. The number of aliphatic hydroxyl groups is 1. The van der Waals surface area contributed by atoms with Gasteiger partial charge >= 0.3 is 5.69 Å². The van der Waals surface area contributed by atoms with Gasteiger partial charge in [0.15, 0.2) is 17.1 Å². The summed E-state index contributed by atoms with van der Waals surface area (Å²) in [6, 6.07) is 3.25. The Labute approximate surface area is 212 Å². The molecule has 0 unspecified atom stereocenters. The van der Waals surface area contributed by atoms with Crippen molar-refractivity contribution in [2.75, 3.05) is 18.8 Å². The molecular weight excluding hydrogens is 495 g/mol. The van der Waals surface area contributed by atoms with E-state index < -0.39 is 0 Å². The number of aromatic nitrogens is 4. The van der Waals surface area contributed by atoms with Gasteiger partial charge in [-0.2, -0.15) is 0 Å². The first kappa shape index (κ1) is 26.6. The zero-order chi connectivity index (χ0) is 25.7. The fourth-order valence-electron chi connectivity index (χ4n) is 3.61. The molecule has 0 saturated carbocycles. The van der Waals surface area contributed by atoms with Gasteiger partial charge in [0.05, 0.1) is 22.5 Å². The average molecular weight is 525 g/mol. The van der Waals surface area contributed by atoms with Crippen molar-refractivity contribution in [2.24, 2.45) is 19.1 Å². The van der Waals surface area contributed by atoms with E-state index in [4.69, 9.17) is 28.9 Å². The minimum Gasteiger partial charge on any atom is -0.399 e. The maximum atomic E-state index is 12.4. The van der Waals surface area contributed by atoms with E-state index in [9.17, 15) is 14.7 Å². The molecule has 190 valence electrons. The smallest absolute Gasteiger partial charge is 0.332 e. The van der Waals surface area contributed by atoms with Gasteiger partial charge in [-0.25, -0.2) is 14.8 Å². The van der Waals surface area contributed by atoms with Crippen LogP contribution < -0.4 is 27.6 Å². The number of fused-ring (bicyclic) bond motifs is 1. The minimum atomic E-state index is -0.353. The maximum absolute atomic E-state index is 12.4. The lowest BCUT2D eigenvalue weighted by atomic mass is 10.2. The summed E-state index contributed by atoms with van der Waals surface area (Å²) in [7, 11) is 3.35. The van der Waals surface area contributed by atoms with Crippen molar-refractivity contribution in [2.45, 2.75) is 38.8 Å². The number of benzene rings is 1. The van der Waals surface area contributed by atoms with Crippen LogP contribution in [0.3, 0.4) is 0 Å². The molecular formula is C22H30Cl2N8O3. The van der Waals surface area contributed by atoms with E-state index in [1.807, 2.05) is 0 Å². The van der Waals surface area contributed by atoms with E-state index in [0.717, 1.165) is 19.5 Å². The van der Waals surface area contributed by atoms with Crippen molar-refractivity contribution < 1.29 is 5.11 Å². The number of guanidine groups is 1. The third-order valence-electron chi connectivity index (χ3n) is 5.43. The van der Waals surface area contributed by atoms with Crippen LogP contribution in [0.4, 0.5) is 11.4 Å². The quantitative estimate of drug-likeness (QED) is 0.284. The van der Waals surface area contributed by atoms with Gasteiger partial charge in [0.25, 0.3) is 5.56 Å². The van der Waals surface area contributed by atoms with E-state index in [-0.39, 0.29) is 17.4 Å².